The molecule has 1 N–H and O–H groups in total. The second-order valence-corrected chi connectivity index (χ2v) is 5.01. The molecule has 2 aromatic carbocycles. The van der Waals surface area contributed by atoms with Crippen LogP contribution < -0.4 is 5.32 Å². The van der Waals surface area contributed by atoms with E-state index in [-0.39, 0.29) is 0 Å². The maximum Gasteiger partial charge on any atom is 0.0927 e. The Balaban J connectivity index is 1.83. The van der Waals surface area contributed by atoms with Gasteiger partial charge < -0.3 is 5.32 Å². The first kappa shape index (κ1) is 10.8. The van der Waals surface area contributed by atoms with E-state index >= 15 is 0 Å². The normalized spacial score (nSPS) is 14.5. The Morgan fingerprint density at radius 3 is 2.95 bits per heavy atom. The first-order valence-corrected chi connectivity index (χ1v) is 6.67. The van der Waals surface area contributed by atoms with Crippen LogP contribution in [0.25, 0.3) is 16.6 Å². The van der Waals surface area contributed by atoms with Gasteiger partial charge in [0.1, 0.15) is 0 Å². The first-order chi connectivity index (χ1) is 9.40. The summed E-state index contributed by atoms with van der Waals surface area (Å²) < 4.78 is 1.97. The largest absolute Gasteiger partial charge is 0.312 e. The number of aromatic nitrogens is 2. The third kappa shape index (κ3) is 1.83. The summed E-state index contributed by atoms with van der Waals surface area (Å²) in [5, 5.41) is 9.22. The second-order valence-electron chi connectivity index (χ2n) is 5.01. The molecule has 0 amide bonds. The number of hydrogen-bond donors (Lipinski definition) is 1. The van der Waals surface area contributed by atoms with Crippen LogP contribution in [0.3, 0.4) is 0 Å². The van der Waals surface area contributed by atoms with E-state index in [0.717, 1.165) is 30.7 Å². The molecule has 3 heteroatoms. The van der Waals surface area contributed by atoms with Crippen LogP contribution in [-0.2, 0) is 13.0 Å². The van der Waals surface area contributed by atoms with Crippen molar-refractivity contribution < 1.29 is 0 Å². The zero-order valence-corrected chi connectivity index (χ0v) is 10.6. The van der Waals surface area contributed by atoms with Crippen molar-refractivity contribution in [3.63, 3.8) is 0 Å². The molecule has 94 valence electrons. The van der Waals surface area contributed by atoms with Gasteiger partial charge in [0.2, 0.25) is 0 Å². The molecule has 1 aromatic heterocycles. The molecule has 0 radical (unpaired) electrons. The number of fused-ring (bicyclic) bond motifs is 2. The van der Waals surface area contributed by atoms with Crippen molar-refractivity contribution in [2.24, 2.45) is 0 Å². The Labute approximate surface area is 111 Å². The van der Waals surface area contributed by atoms with E-state index in [1.807, 2.05) is 22.9 Å². The molecule has 0 atom stereocenters. The summed E-state index contributed by atoms with van der Waals surface area (Å²) in [6.45, 7) is 2.04. The van der Waals surface area contributed by atoms with Gasteiger partial charge in [-0.25, -0.2) is 4.68 Å². The number of nitrogens with zero attached hydrogens (tertiary/aromatic N) is 2. The molecule has 0 spiro atoms. The second kappa shape index (κ2) is 4.21. The van der Waals surface area contributed by atoms with Gasteiger partial charge in [0.05, 0.1) is 11.2 Å². The van der Waals surface area contributed by atoms with Crippen LogP contribution in [-0.4, -0.2) is 16.3 Å². The van der Waals surface area contributed by atoms with Crippen molar-refractivity contribution in [1.29, 1.82) is 0 Å². The van der Waals surface area contributed by atoms with Gasteiger partial charge in [0.15, 0.2) is 0 Å². The molecule has 0 unspecified atom stereocenters. The van der Waals surface area contributed by atoms with Gasteiger partial charge >= 0.3 is 0 Å². The van der Waals surface area contributed by atoms with E-state index in [1.54, 1.807) is 0 Å². The fourth-order valence-corrected chi connectivity index (χ4v) is 2.71. The molecule has 2 heterocycles. The van der Waals surface area contributed by atoms with Crippen LogP contribution >= 0.6 is 0 Å². The molecule has 1 aliphatic heterocycles. The summed E-state index contributed by atoms with van der Waals surface area (Å²) in [5.74, 6) is 0. The number of nitrogens with one attached hydrogen (secondary N) is 1. The van der Waals surface area contributed by atoms with Crippen molar-refractivity contribution in [2.75, 3.05) is 6.54 Å². The maximum atomic E-state index is 4.63. The Morgan fingerprint density at radius 2 is 2.00 bits per heavy atom. The lowest BCUT2D eigenvalue weighted by Gasteiger charge is -2.17. The van der Waals surface area contributed by atoms with Gasteiger partial charge in [-0.05, 0) is 42.3 Å². The minimum absolute atomic E-state index is 0.962. The average molecular weight is 249 g/mol. The highest BCUT2D eigenvalue weighted by atomic mass is 15.3. The molecule has 0 bridgehead atoms. The standard InChI is InChI=1S/C16H15N3/c1-2-4-16-13(3-1)11-19(18-16)15-6-5-12-7-8-17-10-14(12)9-15/h1-6,9,11,17H,7-8,10H2. The van der Waals surface area contributed by atoms with E-state index in [1.165, 1.54) is 16.5 Å². The van der Waals surface area contributed by atoms with Gasteiger partial charge in [-0.2, -0.15) is 5.10 Å². The lowest BCUT2D eigenvalue weighted by Crippen LogP contribution is -2.23. The quantitative estimate of drug-likeness (QED) is 0.718. The van der Waals surface area contributed by atoms with E-state index in [2.05, 4.69) is 40.9 Å². The summed E-state index contributed by atoms with van der Waals surface area (Å²) >= 11 is 0. The Morgan fingerprint density at radius 1 is 1.05 bits per heavy atom. The first-order valence-electron chi connectivity index (χ1n) is 6.67. The summed E-state index contributed by atoms with van der Waals surface area (Å²) in [4.78, 5) is 0. The third-order valence-corrected chi connectivity index (χ3v) is 3.75. The zero-order chi connectivity index (χ0) is 12.7. The highest BCUT2D eigenvalue weighted by Gasteiger charge is 2.10. The highest BCUT2D eigenvalue weighted by molar-refractivity contribution is 5.78. The fourth-order valence-electron chi connectivity index (χ4n) is 2.71. The summed E-state index contributed by atoms with van der Waals surface area (Å²) in [7, 11) is 0. The van der Waals surface area contributed by atoms with Gasteiger partial charge in [0, 0.05) is 18.1 Å². The van der Waals surface area contributed by atoms with E-state index in [9.17, 15) is 0 Å². The van der Waals surface area contributed by atoms with E-state index < -0.39 is 0 Å². The molecule has 3 nitrogen and oxygen atoms in total. The lowest BCUT2D eigenvalue weighted by atomic mass is 10.0. The molecule has 0 saturated carbocycles. The van der Waals surface area contributed by atoms with Gasteiger partial charge in [-0.15, -0.1) is 0 Å². The van der Waals surface area contributed by atoms with Crippen LogP contribution in [0.5, 0.6) is 0 Å². The summed E-state index contributed by atoms with van der Waals surface area (Å²) in [6.07, 6.45) is 3.21. The SMILES string of the molecule is c1ccc2nn(-c3ccc4c(c3)CNCC4)cc2c1. The third-order valence-electron chi connectivity index (χ3n) is 3.75. The van der Waals surface area contributed by atoms with Crippen LogP contribution in [0.4, 0.5) is 0 Å². The van der Waals surface area contributed by atoms with Gasteiger partial charge in [0.25, 0.3) is 0 Å². The molecule has 0 fully saturated rings. The number of hydrogen-bond acceptors (Lipinski definition) is 2. The zero-order valence-electron chi connectivity index (χ0n) is 10.6. The fraction of sp³-hybridized carbons (Fsp3) is 0.188. The molecular formula is C16H15N3. The molecule has 1 aliphatic rings. The summed E-state index contributed by atoms with van der Waals surface area (Å²) in [6, 6.07) is 14.9. The minimum atomic E-state index is 0.962. The molecular weight excluding hydrogens is 234 g/mol. The predicted octanol–water partition coefficient (Wildman–Crippen LogP) is 2.67. The van der Waals surface area contributed by atoms with Crippen LogP contribution in [0.1, 0.15) is 11.1 Å². The topological polar surface area (TPSA) is 29.9 Å². The average Bonchev–Trinajstić information content (AvgIpc) is 2.90. The smallest absolute Gasteiger partial charge is 0.0927 e. The Bertz CT molecular complexity index is 710. The van der Waals surface area contributed by atoms with E-state index in [4.69, 9.17) is 0 Å². The Kier molecular flexibility index (Phi) is 2.38. The van der Waals surface area contributed by atoms with Crippen molar-refractivity contribution in [3.8, 4) is 5.69 Å². The van der Waals surface area contributed by atoms with Crippen molar-refractivity contribution in [1.82, 2.24) is 15.1 Å². The van der Waals surface area contributed by atoms with Gasteiger partial charge in [-0.3, -0.25) is 0 Å². The van der Waals surface area contributed by atoms with Gasteiger partial charge in [-0.1, -0.05) is 24.3 Å². The molecule has 4 rings (SSSR count). The molecule has 3 aromatic rings. The monoisotopic (exact) mass is 249 g/mol. The molecule has 0 saturated heterocycles. The lowest BCUT2D eigenvalue weighted by molar-refractivity contribution is 0.642. The van der Waals surface area contributed by atoms with Crippen LogP contribution in [0.15, 0.2) is 48.7 Å². The van der Waals surface area contributed by atoms with Crippen LogP contribution in [0, 0.1) is 0 Å². The minimum Gasteiger partial charge on any atom is -0.312 e. The Hall–Kier alpha value is -2.13. The molecule has 0 aliphatic carbocycles. The predicted molar refractivity (Wildman–Crippen MR) is 76.5 cm³/mol. The number of rotatable bonds is 1. The summed E-state index contributed by atoms with van der Waals surface area (Å²) in [5.41, 5.74) is 5.03. The van der Waals surface area contributed by atoms with Crippen molar-refractivity contribution >= 4 is 10.9 Å². The van der Waals surface area contributed by atoms with Crippen LogP contribution in [0.2, 0.25) is 0 Å². The maximum absolute atomic E-state index is 4.63. The van der Waals surface area contributed by atoms with E-state index in [0.29, 0.717) is 0 Å². The molecule has 19 heavy (non-hydrogen) atoms. The highest BCUT2D eigenvalue weighted by Crippen LogP contribution is 2.20. The number of benzene rings is 2. The van der Waals surface area contributed by atoms with Crippen molar-refractivity contribution in [2.45, 2.75) is 13.0 Å². The van der Waals surface area contributed by atoms with Crippen molar-refractivity contribution in [3.05, 3.63) is 59.8 Å².